The minimum Gasteiger partial charge on any atom is -0.318 e. The van der Waals surface area contributed by atoms with Gasteiger partial charge < -0.3 is 5.32 Å². The third kappa shape index (κ3) is 5.12. The number of nitrogens with zero attached hydrogens (tertiary/aromatic N) is 2. The average Bonchev–Trinajstić information content (AvgIpc) is 2.63. The topological polar surface area (TPSA) is 114 Å². The summed E-state index contributed by atoms with van der Waals surface area (Å²) in [5, 5.41) is 17.0. The third-order valence-electron chi connectivity index (χ3n) is 3.39. The molecule has 2 N–H and O–H groups in total. The summed E-state index contributed by atoms with van der Waals surface area (Å²) in [5.41, 5.74) is 3.68. The number of halogens is 1. The molecule has 0 fully saturated rings. The summed E-state index contributed by atoms with van der Waals surface area (Å²) in [6, 6.07) is 10.9. The summed E-state index contributed by atoms with van der Waals surface area (Å²) in [5.74, 6) is -1.88. The standard InChI is InChI=1S/C17H15ClN4O4/c1-2-11-3-5-13(6-4-11)20-16(23)17(24)21-19-10-12-9-14(22(25)26)7-8-15(12)18/h3-10H,2H2,1H3,(H,20,23)(H,21,24)/b19-10-. The van der Waals surface area contributed by atoms with Crippen molar-refractivity contribution in [3.63, 3.8) is 0 Å². The number of carbonyl (C=O) groups excluding carboxylic acids is 2. The van der Waals surface area contributed by atoms with Crippen molar-refractivity contribution in [1.29, 1.82) is 0 Å². The van der Waals surface area contributed by atoms with Gasteiger partial charge in [0.25, 0.3) is 5.69 Å². The lowest BCUT2D eigenvalue weighted by atomic mass is 10.1. The first-order chi connectivity index (χ1) is 12.4. The molecule has 26 heavy (non-hydrogen) atoms. The van der Waals surface area contributed by atoms with Gasteiger partial charge in [0.15, 0.2) is 0 Å². The molecule has 0 aromatic heterocycles. The van der Waals surface area contributed by atoms with Crippen molar-refractivity contribution in [3.8, 4) is 0 Å². The van der Waals surface area contributed by atoms with Crippen molar-refractivity contribution in [2.45, 2.75) is 13.3 Å². The monoisotopic (exact) mass is 374 g/mol. The van der Waals surface area contributed by atoms with Gasteiger partial charge in [-0.15, -0.1) is 0 Å². The second-order valence-electron chi connectivity index (χ2n) is 5.17. The number of carbonyl (C=O) groups is 2. The molecule has 0 heterocycles. The molecule has 0 unspecified atom stereocenters. The molecule has 134 valence electrons. The number of nitrogens with one attached hydrogen (secondary N) is 2. The molecule has 0 bridgehead atoms. The number of hydrazone groups is 1. The zero-order valence-corrected chi connectivity index (χ0v) is 14.5. The number of anilines is 1. The maximum atomic E-state index is 11.8. The van der Waals surface area contributed by atoms with Crippen LogP contribution in [0.15, 0.2) is 47.6 Å². The molecule has 0 radical (unpaired) electrons. The van der Waals surface area contributed by atoms with Gasteiger partial charge in [-0.1, -0.05) is 30.7 Å². The zero-order chi connectivity index (χ0) is 19.1. The van der Waals surface area contributed by atoms with Crippen LogP contribution >= 0.6 is 11.6 Å². The lowest BCUT2D eigenvalue weighted by Crippen LogP contribution is -2.32. The van der Waals surface area contributed by atoms with E-state index in [2.05, 4.69) is 10.4 Å². The minimum atomic E-state index is -0.984. The lowest BCUT2D eigenvalue weighted by molar-refractivity contribution is -0.384. The summed E-state index contributed by atoms with van der Waals surface area (Å²) < 4.78 is 0. The maximum absolute atomic E-state index is 11.8. The van der Waals surface area contributed by atoms with E-state index in [1.54, 1.807) is 12.1 Å². The van der Waals surface area contributed by atoms with E-state index in [0.717, 1.165) is 18.2 Å². The van der Waals surface area contributed by atoms with Gasteiger partial charge >= 0.3 is 11.8 Å². The average molecular weight is 375 g/mol. The second-order valence-corrected chi connectivity index (χ2v) is 5.57. The van der Waals surface area contributed by atoms with Crippen LogP contribution in [0.2, 0.25) is 5.02 Å². The van der Waals surface area contributed by atoms with Crippen LogP contribution in [0.25, 0.3) is 0 Å². The highest BCUT2D eigenvalue weighted by Crippen LogP contribution is 2.20. The minimum absolute atomic E-state index is 0.171. The van der Waals surface area contributed by atoms with E-state index in [1.165, 1.54) is 18.2 Å². The number of non-ortho nitro benzene ring substituents is 1. The molecule has 2 amide bonds. The van der Waals surface area contributed by atoms with Crippen molar-refractivity contribution in [3.05, 3.63) is 68.7 Å². The molecule has 0 aliphatic heterocycles. The molecule has 0 saturated heterocycles. The fourth-order valence-corrected chi connectivity index (χ4v) is 2.13. The molecule has 0 aliphatic rings. The smallest absolute Gasteiger partial charge is 0.318 e. The Labute approximate surface area is 154 Å². The Kier molecular flexibility index (Phi) is 6.40. The molecule has 9 heteroatoms. The Morgan fingerprint density at radius 3 is 2.50 bits per heavy atom. The van der Waals surface area contributed by atoms with Crippen LogP contribution in [-0.4, -0.2) is 23.0 Å². The van der Waals surface area contributed by atoms with E-state index in [9.17, 15) is 19.7 Å². The van der Waals surface area contributed by atoms with Crippen LogP contribution in [0.1, 0.15) is 18.1 Å². The number of nitro groups is 1. The van der Waals surface area contributed by atoms with Gasteiger partial charge in [0.2, 0.25) is 0 Å². The molecule has 8 nitrogen and oxygen atoms in total. The third-order valence-corrected chi connectivity index (χ3v) is 3.73. The predicted molar refractivity (Wildman–Crippen MR) is 98.3 cm³/mol. The molecule has 0 atom stereocenters. The summed E-state index contributed by atoms with van der Waals surface area (Å²) >= 11 is 5.90. The fraction of sp³-hybridized carbons (Fsp3) is 0.118. The number of hydrogen-bond donors (Lipinski definition) is 2. The zero-order valence-electron chi connectivity index (χ0n) is 13.7. The number of hydrogen-bond acceptors (Lipinski definition) is 5. The van der Waals surface area contributed by atoms with Crippen LogP contribution in [0.3, 0.4) is 0 Å². The normalized spacial score (nSPS) is 10.5. The quantitative estimate of drug-likeness (QED) is 0.362. The first kappa shape index (κ1) is 19.1. The first-order valence-electron chi connectivity index (χ1n) is 7.58. The number of nitro benzene ring substituents is 1. The summed E-state index contributed by atoms with van der Waals surface area (Å²) in [6.45, 7) is 2.01. The highest BCUT2D eigenvalue weighted by Gasteiger charge is 2.13. The van der Waals surface area contributed by atoms with Gasteiger partial charge in [0, 0.05) is 28.4 Å². The van der Waals surface area contributed by atoms with Crippen LogP contribution in [0.4, 0.5) is 11.4 Å². The Balaban J connectivity index is 1.96. The van der Waals surface area contributed by atoms with E-state index in [1.807, 2.05) is 24.5 Å². The van der Waals surface area contributed by atoms with Gasteiger partial charge in [0.1, 0.15) is 0 Å². The summed E-state index contributed by atoms with van der Waals surface area (Å²) in [6.07, 6.45) is 1.99. The second kappa shape index (κ2) is 8.72. The number of benzene rings is 2. The van der Waals surface area contributed by atoms with Crippen LogP contribution in [0, 0.1) is 10.1 Å². The molecule has 2 aromatic carbocycles. The maximum Gasteiger partial charge on any atom is 0.329 e. The fourth-order valence-electron chi connectivity index (χ4n) is 1.97. The Morgan fingerprint density at radius 2 is 1.88 bits per heavy atom. The molecular weight excluding hydrogens is 360 g/mol. The predicted octanol–water partition coefficient (Wildman–Crippen LogP) is 2.90. The first-order valence-corrected chi connectivity index (χ1v) is 7.95. The Bertz CT molecular complexity index is 866. The van der Waals surface area contributed by atoms with Crippen LogP contribution < -0.4 is 10.7 Å². The van der Waals surface area contributed by atoms with Crippen molar-refractivity contribution in [2.24, 2.45) is 5.10 Å². The SMILES string of the molecule is CCc1ccc(NC(=O)C(=O)N/N=C\c2cc([N+](=O)[O-])ccc2Cl)cc1. The van der Waals surface area contributed by atoms with Crippen LogP contribution in [0.5, 0.6) is 0 Å². The molecule has 0 spiro atoms. The Morgan fingerprint density at radius 1 is 1.19 bits per heavy atom. The largest absolute Gasteiger partial charge is 0.329 e. The molecule has 0 aliphatic carbocycles. The number of amides is 2. The lowest BCUT2D eigenvalue weighted by Gasteiger charge is -2.05. The Hall–Kier alpha value is -3.26. The van der Waals surface area contributed by atoms with E-state index in [0.29, 0.717) is 5.69 Å². The van der Waals surface area contributed by atoms with E-state index in [4.69, 9.17) is 11.6 Å². The van der Waals surface area contributed by atoms with Gasteiger partial charge in [-0.25, -0.2) is 5.43 Å². The van der Waals surface area contributed by atoms with Crippen LogP contribution in [-0.2, 0) is 16.0 Å². The molecule has 0 saturated carbocycles. The molecular formula is C17H15ClN4O4. The van der Waals surface area contributed by atoms with Crippen molar-refractivity contribution >= 4 is 41.0 Å². The van der Waals surface area contributed by atoms with E-state index < -0.39 is 16.7 Å². The van der Waals surface area contributed by atoms with Crippen molar-refractivity contribution < 1.29 is 14.5 Å². The van der Waals surface area contributed by atoms with Gasteiger partial charge in [-0.2, -0.15) is 5.10 Å². The molecule has 2 aromatic rings. The highest BCUT2D eigenvalue weighted by molar-refractivity contribution is 6.39. The van der Waals surface area contributed by atoms with Gasteiger partial charge in [-0.3, -0.25) is 19.7 Å². The molecule has 2 rings (SSSR count). The summed E-state index contributed by atoms with van der Waals surface area (Å²) in [7, 11) is 0. The van der Waals surface area contributed by atoms with E-state index >= 15 is 0 Å². The number of aryl methyl sites for hydroxylation is 1. The van der Waals surface area contributed by atoms with Gasteiger partial charge in [-0.05, 0) is 30.2 Å². The highest BCUT2D eigenvalue weighted by atomic mass is 35.5. The van der Waals surface area contributed by atoms with Gasteiger partial charge in [0.05, 0.1) is 11.1 Å². The number of rotatable bonds is 5. The van der Waals surface area contributed by atoms with E-state index in [-0.39, 0.29) is 16.3 Å². The summed E-state index contributed by atoms with van der Waals surface area (Å²) in [4.78, 5) is 33.7. The van der Waals surface area contributed by atoms with Crippen molar-refractivity contribution in [1.82, 2.24) is 5.43 Å². The van der Waals surface area contributed by atoms with Crippen molar-refractivity contribution in [2.75, 3.05) is 5.32 Å².